The van der Waals surface area contributed by atoms with Gasteiger partial charge < -0.3 is 19.7 Å². The lowest BCUT2D eigenvalue weighted by molar-refractivity contribution is -0.145. The largest absolute Gasteiger partial charge is 0.465 e. The van der Waals surface area contributed by atoms with Gasteiger partial charge in [-0.2, -0.15) is 0 Å². The molecule has 0 fully saturated rings. The van der Waals surface area contributed by atoms with Crippen LogP contribution in [0.2, 0.25) is 18.1 Å². The van der Waals surface area contributed by atoms with E-state index in [1.807, 2.05) is 0 Å². The van der Waals surface area contributed by atoms with E-state index in [0.717, 1.165) is 4.88 Å². The Labute approximate surface area is 158 Å². The average molecular weight is 402 g/mol. The number of thiophene rings is 1. The molecule has 146 valence electrons. The maximum absolute atomic E-state index is 11.2. The van der Waals surface area contributed by atoms with Gasteiger partial charge in [0.25, 0.3) is 0 Å². The first-order valence-corrected chi connectivity index (χ1v) is 11.9. The minimum absolute atomic E-state index is 0.0114. The van der Waals surface area contributed by atoms with E-state index in [9.17, 15) is 9.59 Å². The van der Waals surface area contributed by atoms with Crippen molar-refractivity contribution in [2.45, 2.75) is 51.9 Å². The quantitative estimate of drug-likeness (QED) is 0.251. The van der Waals surface area contributed by atoms with E-state index in [2.05, 4.69) is 49.5 Å². The number of carboxylic acid groups (broad SMARTS) is 1. The minimum atomic E-state index is -2.03. The molecule has 1 aromatic heterocycles. The fourth-order valence-electron chi connectivity index (χ4n) is 1.70. The van der Waals surface area contributed by atoms with Gasteiger partial charge in [0.1, 0.15) is 0 Å². The molecule has 0 bridgehead atoms. The molecule has 0 unspecified atom stereocenters. The van der Waals surface area contributed by atoms with Crippen LogP contribution in [0, 0.1) is 5.41 Å². The lowest BCUT2D eigenvalue weighted by Gasteiger charge is -2.37. The number of hydrogen-bond acceptors (Lipinski definition) is 6. The number of hydrogen-bond donors (Lipinski definition) is 4. The van der Waals surface area contributed by atoms with Gasteiger partial charge in [-0.3, -0.25) is 10.2 Å². The standard InChI is InChI=1S/C16H27N3O5SSi/c1-10(20)24-19-14(17)11-7-13(25-9-11)12(18-15(21)22)8-23-26(5,6)16(2,3)4/h7,9,12,18H,8H2,1-6H3,(H2,17,19)(H,21,22)/t12-/m1/s1. The van der Waals surface area contributed by atoms with Crippen LogP contribution < -0.4 is 10.8 Å². The Bertz CT molecular complexity index is 669. The van der Waals surface area contributed by atoms with Crippen molar-refractivity contribution in [3.63, 3.8) is 0 Å². The van der Waals surface area contributed by atoms with Crippen LogP contribution >= 0.6 is 11.3 Å². The first-order valence-electron chi connectivity index (χ1n) is 8.07. The van der Waals surface area contributed by atoms with E-state index in [1.54, 1.807) is 11.4 Å². The third kappa shape index (κ3) is 6.43. The van der Waals surface area contributed by atoms with Crippen LogP contribution in [0.4, 0.5) is 4.79 Å². The molecule has 8 nitrogen and oxygen atoms in total. The predicted octanol–water partition coefficient (Wildman–Crippen LogP) is 3.47. The van der Waals surface area contributed by atoms with Gasteiger partial charge in [-0.1, -0.05) is 20.8 Å². The smallest absolute Gasteiger partial charge is 0.405 e. The Kier molecular flexibility index (Phi) is 7.36. The highest BCUT2D eigenvalue weighted by Gasteiger charge is 2.38. The van der Waals surface area contributed by atoms with Crippen molar-refractivity contribution in [1.29, 1.82) is 5.41 Å². The van der Waals surface area contributed by atoms with Crippen molar-refractivity contribution in [2.75, 3.05) is 6.61 Å². The zero-order valence-corrected chi connectivity index (χ0v) is 17.7. The predicted molar refractivity (Wildman–Crippen MR) is 103 cm³/mol. The fraction of sp³-hybridized carbons (Fsp3) is 0.562. The summed E-state index contributed by atoms with van der Waals surface area (Å²) in [5, 5.41) is 21.2. The molecule has 0 aromatic carbocycles. The number of carbonyl (C=O) groups is 2. The average Bonchev–Trinajstić information content (AvgIpc) is 2.97. The molecule has 1 amide bonds. The van der Waals surface area contributed by atoms with E-state index >= 15 is 0 Å². The summed E-state index contributed by atoms with van der Waals surface area (Å²) < 4.78 is 6.14. The van der Waals surface area contributed by atoms with Crippen molar-refractivity contribution in [1.82, 2.24) is 10.8 Å². The van der Waals surface area contributed by atoms with E-state index in [-0.39, 0.29) is 17.5 Å². The number of nitrogens with one attached hydrogen (secondary N) is 3. The molecule has 0 saturated carbocycles. The first kappa shape index (κ1) is 22.1. The molecular weight excluding hydrogens is 374 g/mol. The van der Waals surface area contributed by atoms with Gasteiger partial charge in [-0.25, -0.2) is 10.3 Å². The zero-order chi connectivity index (χ0) is 20.1. The van der Waals surface area contributed by atoms with E-state index in [1.165, 1.54) is 18.3 Å². The van der Waals surface area contributed by atoms with E-state index < -0.39 is 26.4 Å². The lowest BCUT2D eigenvalue weighted by Crippen LogP contribution is -2.43. The summed E-state index contributed by atoms with van der Waals surface area (Å²) in [6.45, 7) is 12.0. The van der Waals surface area contributed by atoms with Crippen LogP contribution in [0.5, 0.6) is 0 Å². The Balaban J connectivity index is 2.89. The van der Waals surface area contributed by atoms with Gasteiger partial charge in [0.15, 0.2) is 14.2 Å². The summed E-state index contributed by atoms with van der Waals surface area (Å²) in [6, 6.07) is 1.14. The maximum Gasteiger partial charge on any atom is 0.405 e. The Morgan fingerprint density at radius 1 is 1.38 bits per heavy atom. The molecule has 0 aliphatic heterocycles. The Morgan fingerprint density at radius 3 is 2.50 bits per heavy atom. The van der Waals surface area contributed by atoms with Crippen molar-refractivity contribution in [2.24, 2.45) is 0 Å². The van der Waals surface area contributed by atoms with Gasteiger partial charge in [0.2, 0.25) is 0 Å². The molecule has 1 aromatic rings. The molecule has 0 aliphatic carbocycles. The van der Waals surface area contributed by atoms with Crippen LogP contribution in [0.25, 0.3) is 0 Å². The molecule has 4 N–H and O–H groups in total. The van der Waals surface area contributed by atoms with Gasteiger partial charge in [0.05, 0.1) is 12.6 Å². The van der Waals surface area contributed by atoms with Gasteiger partial charge in [-0.15, -0.1) is 11.3 Å². The zero-order valence-electron chi connectivity index (χ0n) is 15.9. The van der Waals surface area contributed by atoms with Crippen molar-refractivity contribution >= 4 is 37.6 Å². The fourth-order valence-corrected chi connectivity index (χ4v) is 3.65. The normalized spacial score (nSPS) is 13.0. The van der Waals surface area contributed by atoms with Crippen molar-refractivity contribution in [3.05, 3.63) is 21.9 Å². The number of amidine groups is 1. The highest BCUT2D eigenvalue weighted by atomic mass is 32.1. The minimum Gasteiger partial charge on any atom is -0.465 e. The Hall–Kier alpha value is -1.91. The molecule has 0 spiro atoms. The second-order valence-electron chi connectivity index (χ2n) is 7.38. The molecule has 0 aliphatic rings. The second kappa shape index (κ2) is 8.65. The van der Waals surface area contributed by atoms with E-state index in [0.29, 0.717) is 5.56 Å². The van der Waals surface area contributed by atoms with Crippen molar-refractivity contribution < 1.29 is 24.0 Å². The molecule has 1 heterocycles. The van der Waals surface area contributed by atoms with Crippen LogP contribution in [-0.2, 0) is 14.1 Å². The topological polar surface area (TPSA) is 121 Å². The Morgan fingerprint density at radius 2 is 2.00 bits per heavy atom. The number of rotatable bonds is 6. The van der Waals surface area contributed by atoms with Crippen LogP contribution in [0.1, 0.15) is 44.2 Å². The van der Waals surface area contributed by atoms with Gasteiger partial charge in [0, 0.05) is 22.7 Å². The monoisotopic (exact) mass is 401 g/mol. The third-order valence-corrected chi connectivity index (χ3v) is 9.81. The highest BCUT2D eigenvalue weighted by molar-refractivity contribution is 7.10. The molecule has 0 radical (unpaired) electrons. The highest BCUT2D eigenvalue weighted by Crippen LogP contribution is 2.37. The summed E-state index contributed by atoms with van der Waals surface area (Å²) in [6.07, 6.45) is -1.14. The second-order valence-corrected chi connectivity index (χ2v) is 13.1. The van der Waals surface area contributed by atoms with Crippen LogP contribution in [0.3, 0.4) is 0 Å². The molecule has 1 rings (SSSR count). The summed E-state index contributed by atoms with van der Waals surface area (Å²) in [5.41, 5.74) is 2.74. The molecular formula is C16H27N3O5SSi. The lowest BCUT2D eigenvalue weighted by atomic mass is 10.2. The molecule has 1 atom stereocenters. The maximum atomic E-state index is 11.2. The summed E-state index contributed by atoms with van der Waals surface area (Å²) in [4.78, 5) is 27.3. The van der Waals surface area contributed by atoms with Crippen LogP contribution in [0.15, 0.2) is 11.4 Å². The summed E-state index contributed by atoms with van der Waals surface area (Å²) >= 11 is 1.31. The summed E-state index contributed by atoms with van der Waals surface area (Å²) in [5.74, 6) is -0.638. The SMILES string of the molecule is CC(=O)ONC(=N)c1csc([C@@H](CO[Si](C)(C)C(C)(C)C)NC(=O)O)c1. The molecule has 10 heteroatoms. The van der Waals surface area contributed by atoms with Gasteiger partial charge >= 0.3 is 12.1 Å². The van der Waals surface area contributed by atoms with Gasteiger partial charge in [-0.05, 0) is 24.2 Å². The van der Waals surface area contributed by atoms with E-state index in [4.69, 9.17) is 14.9 Å². The molecule has 0 saturated heterocycles. The third-order valence-electron chi connectivity index (χ3n) is 4.26. The molecule has 26 heavy (non-hydrogen) atoms. The number of carbonyl (C=O) groups excluding carboxylic acids is 1. The first-order chi connectivity index (χ1) is 11.8. The van der Waals surface area contributed by atoms with Crippen molar-refractivity contribution in [3.8, 4) is 0 Å². The number of hydroxylamine groups is 1. The van der Waals surface area contributed by atoms with Crippen LogP contribution in [-0.4, -0.2) is 37.9 Å². The summed E-state index contributed by atoms with van der Waals surface area (Å²) in [7, 11) is -2.03. The number of amides is 1.